The topological polar surface area (TPSA) is 103 Å². The van der Waals surface area contributed by atoms with Crippen molar-refractivity contribution in [1.82, 2.24) is 15.2 Å². The smallest absolute Gasteiger partial charge is 0.326 e. The van der Waals surface area contributed by atoms with E-state index in [4.69, 9.17) is 12.2 Å². The number of nitrogens with one attached hydrogen (secondary N) is 1. The normalized spacial score (nSPS) is 16.8. The zero-order chi connectivity index (χ0) is 32.1. The van der Waals surface area contributed by atoms with Gasteiger partial charge >= 0.3 is 5.97 Å². The summed E-state index contributed by atoms with van der Waals surface area (Å²) in [5.74, 6) is -1.42. The van der Waals surface area contributed by atoms with E-state index in [0.717, 1.165) is 39.8 Å². The predicted molar refractivity (Wildman–Crippen MR) is 178 cm³/mol. The van der Waals surface area contributed by atoms with Gasteiger partial charge in [0.1, 0.15) is 23.2 Å². The second-order valence-electron chi connectivity index (χ2n) is 11.2. The van der Waals surface area contributed by atoms with Gasteiger partial charge in [-0.3, -0.25) is 19.5 Å². The number of amides is 2. The van der Waals surface area contributed by atoms with E-state index in [2.05, 4.69) is 10.3 Å². The number of carbonyl (C=O) groups is 3. The fourth-order valence-electron chi connectivity index (χ4n) is 6.02. The molecule has 1 unspecified atom stereocenters. The molecule has 0 radical (unpaired) electrons. The maximum atomic E-state index is 14.1. The summed E-state index contributed by atoms with van der Waals surface area (Å²) in [6.45, 7) is 5.49. The minimum Gasteiger partial charge on any atom is -0.480 e. The van der Waals surface area contributed by atoms with Crippen molar-refractivity contribution in [3.63, 3.8) is 0 Å². The number of anilines is 1. The van der Waals surface area contributed by atoms with E-state index >= 15 is 0 Å². The van der Waals surface area contributed by atoms with Crippen LogP contribution in [0.3, 0.4) is 0 Å². The molecule has 2 N–H and O–H groups in total. The molecule has 0 spiro atoms. The molecular weight excluding hydrogens is 584 g/mol. The van der Waals surface area contributed by atoms with E-state index in [1.54, 1.807) is 22.2 Å². The molecule has 1 fully saturated rings. The van der Waals surface area contributed by atoms with Crippen molar-refractivity contribution in [2.45, 2.75) is 58.3 Å². The van der Waals surface area contributed by atoms with Crippen LogP contribution in [0.25, 0.3) is 0 Å². The monoisotopic (exact) mass is 620 g/mol. The molecular formula is C36H36N4O4S. The van der Waals surface area contributed by atoms with Gasteiger partial charge in [-0.25, -0.2) is 4.79 Å². The number of hydrogen-bond acceptors (Lipinski definition) is 5. The van der Waals surface area contributed by atoms with Crippen LogP contribution in [0.4, 0.5) is 5.69 Å². The Labute approximate surface area is 268 Å². The standard InChI is InChI=1S/C36H36N4O4S/c1-4-27-14-8-10-23(2)32(27)33(45)38-30(36(43)44)20-25-15-17-29(18-16-25)40-34(28-12-6-5-7-13-28)39(24(3)41)31(35(40)42)21-26-11-9-19-37-22-26/h5-19,22,30-31,34H,4,20-21H2,1-3H3,(H,38,45)(H,43,44)/t30-,31?,34-/m0/s1. The number of carbonyl (C=O) groups excluding carboxylic acids is 2. The van der Waals surface area contributed by atoms with Gasteiger partial charge in [0, 0.05) is 43.4 Å². The van der Waals surface area contributed by atoms with Crippen LogP contribution >= 0.6 is 12.2 Å². The number of rotatable bonds is 10. The molecule has 1 aliphatic rings. The van der Waals surface area contributed by atoms with Crippen LogP contribution in [-0.2, 0) is 33.6 Å². The second-order valence-corrected chi connectivity index (χ2v) is 11.6. The first-order valence-corrected chi connectivity index (χ1v) is 15.4. The molecule has 45 heavy (non-hydrogen) atoms. The van der Waals surface area contributed by atoms with Crippen molar-refractivity contribution < 1.29 is 19.5 Å². The van der Waals surface area contributed by atoms with Crippen molar-refractivity contribution in [1.29, 1.82) is 0 Å². The van der Waals surface area contributed by atoms with Crippen LogP contribution < -0.4 is 10.2 Å². The lowest BCUT2D eigenvalue weighted by atomic mass is 9.99. The Morgan fingerprint density at radius 3 is 2.33 bits per heavy atom. The fraction of sp³-hybridized carbons (Fsp3) is 0.250. The van der Waals surface area contributed by atoms with Gasteiger partial charge in [-0.15, -0.1) is 0 Å². The Bertz CT molecular complexity index is 1700. The third-order valence-electron chi connectivity index (χ3n) is 8.20. The van der Waals surface area contributed by atoms with Crippen LogP contribution in [0.15, 0.2) is 97.3 Å². The second kappa shape index (κ2) is 13.8. The fourth-order valence-corrected chi connectivity index (χ4v) is 6.46. The first kappa shape index (κ1) is 31.5. The summed E-state index contributed by atoms with van der Waals surface area (Å²) in [5, 5.41) is 13.1. The number of nitrogens with zero attached hydrogens (tertiary/aromatic N) is 3. The van der Waals surface area contributed by atoms with Crippen LogP contribution in [0.1, 0.15) is 53.4 Å². The van der Waals surface area contributed by atoms with Crippen LogP contribution in [0.5, 0.6) is 0 Å². The number of hydrogen-bond donors (Lipinski definition) is 2. The molecule has 1 aromatic heterocycles. The quantitative estimate of drug-likeness (QED) is 0.228. The summed E-state index contributed by atoms with van der Waals surface area (Å²) in [6.07, 6.45) is 4.03. The molecule has 0 bridgehead atoms. The van der Waals surface area contributed by atoms with Gasteiger partial charge in [-0.1, -0.05) is 85.9 Å². The minimum absolute atomic E-state index is 0.183. The zero-order valence-corrected chi connectivity index (χ0v) is 26.3. The molecule has 1 saturated heterocycles. The van der Waals surface area contributed by atoms with Gasteiger partial charge in [-0.05, 0) is 59.4 Å². The maximum Gasteiger partial charge on any atom is 0.326 e. The first-order valence-electron chi connectivity index (χ1n) is 15.0. The third kappa shape index (κ3) is 6.78. The van der Waals surface area contributed by atoms with E-state index in [1.807, 2.05) is 98.8 Å². The molecule has 8 nitrogen and oxygen atoms in total. The Hall–Kier alpha value is -4.89. The van der Waals surface area contributed by atoms with Crippen LogP contribution in [-0.4, -0.2) is 49.8 Å². The summed E-state index contributed by atoms with van der Waals surface area (Å²) in [5.41, 5.74) is 5.96. The number of aromatic nitrogens is 1. The highest BCUT2D eigenvalue weighted by Gasteiger charge is 2.48. The Kier molecular flexibility index (Phi) is 9.68. The van der Waals surface area contributed by atoms with E-state index in [9.17, 15) is 19.5 Å². The number of aliphatic carboxylic acids is 1. The van der Waals surface area contributed by atoms with Gasteiger partial charge in [0.05, 0.1) is 0 Å². The van der Waals surface area contributed by atoms with Gasteiger partial charge in [-0.2, -0.15) is 0 Å². The van der Waals surface area contributed by atoms with Crippen LogP contribution in [0, 0.1) is 6.92 Å². The van der Waals surface area contributed by atoms with Gasteiger partial charge in [0.15, 0.2) is 0 Å². The number of thiocarbonyl (C=S) groups is 1. The molecule has 5 rings (SSSR count). The zero-order valence-electron chi connectivity index (χ0n) is 25.5. The molecule has 3 aromatic carbocycles. The predicted octanol–water partition coefficient (Wildman–Crippen LogP) is 5.42. The molecule has 3 atom stereocenters. The molecule has 2 amide bonds. The van der Waals surface area contributed by atoms with Crippen molar-refractivity contribution in [3.8, 4) is 0 Å². The van der Waals surface area contributed by atoms with Gasteiger partial charge in [0.25, 0.3) is 5.91 Å². The number of carboxylic acids is 1. The number of benzene rings is 3. The van der Waals surface area contributed by atoms with E-state index in [1.165, 1.54) is 6.92 Å². The van der Waals surface area contributed by atoms with Crippen molar-refractivity contribution in [2.24, 2.45) is 0 Å². The first-order chi connectivity index (χ1) is 21.7. The molecule has 0 aliphatic carbocycles. The van der Waals surface area contributed by atoms with Crippen molar-refractivity contribution >= 4 is 40.7 Å². The molecule has 4 aromatic rings. The largest absolute Gasteiger partial charge is 0.480 e. The molecule has 2 heterocycles. The number of pyridine rings is 1. The summed E-state index contributed by atoms with van der Waals surface area (Å²) in [7, 11) is 0. The lowest BCUT2D eigenvalue weighted by Gasteiger charge is -2.31. The van der Waals surface area contributed by atoms with E-state index in [0.29, 0.717) is 17.1 Å². The Morgan fingerprint density at radius 1 is 0.978 bits per heavy atom. The Balaban J connectivity index is 1.42. The molecule has 230 valence electrons. The molecule has 1 aliphatic heterocycles. The molecule has 0 saturated carbocycles. The number of aryl methyl sites for hydroxylation is 2. The Morgan fingerprint density at radius 2 is 1.71 bits per heavy atom. The summed E-state index contributed by atoms with van der Waals surface area (Å²) in [6, 6.07) is 24.7. The number of carboxylic acid groups (broad SMARTS) is 1. The minimum atomic E-state index is -1.01. The SMILES string of the molecule is CCc1cccc(C)c1C(=S)N[C@@H](Cc1ccc(N2C(=O)C(Cc3cccnc3)N(C(C)=O)[C@@H]2c2ccccc2)cc1)C(=O)O. The van der Waals surface area contributed by atoms with Crippen molar-refractivity contribution in [2.75, 3.05) is 4.90 Å². The summed E-state index contributed by atoms with van der Waals surface area (Å²) >= 11 is 5.67. The highest BCUT2D eigenvalue weighted by Crippen LogP contribution is 2.39. The van der Waals surface area contributed by atoms with E-state index in [-0.39, 0.29) is 18.2 Å². The average molecular weight is 621 g/mol. The van der Waals surface area contributed by atoms with Crippen LogP contribution in [0.2, 0.25) is 0 Å². The third-order valence-corrected chi connectivity index (χ3v) is 8.53. The summed E-state index contributed by atoms with van der Waals surface area (Å²) in [4.78, 5) is 47.4. The molecule has 9 heteroatoms. The van der Waals surface area contributed by atoms with Gasteiger partial charge in [0.2, 0.25) is 5.91 Å². The van der Waals surface area contributed by atoms with Crippen molar-refractivity contribution in [3.05, 3.63) is 131 Å². The summed E-state index contributed by atoms with van der Waals surface area (Å²) < 4.78 is 0. The van der Waals surface area contributed by atoms with Gasteiger partial charge < -0.3 is 15.3 Å². The average Bonchev–Trinajstić information content (AvgIpc) is 3.33. The lowest BCUT2D eigenvalue weighted by molar-refractivity contribution is -0.139. The lowest BCUT2D eigenvalue weighted by Crippen LogP contribution is -2.42. The highest BCUT2D eigenvalue weighted by atomic mass is 32.1. The van der Waals surface area contributed by atoms with E-state index < -0.39 is 24.2 Å². The maximum absolute atomic E-state index is 14.1. The highest BCUT2D eigenvalue weighted by molar-refractivity contribution is 7.80.